The van der Waals surface area contributed by atoms with Crippen LogP contribution in [0.25, 0.3) is 0 Å². The van der Waals surface area contributed by atoms with Crippen LogP contribution < -0.4 is 0 Å². The van der Waals surface area contributed by atoms with Crippen LogP contribution in [-0.2, 0) is 4.74 Å². The molecule has 1 heterocycles. The van der Waals surface area contributed by atoms with Gasteiger partial charge in [0.05, 0.1) is 12.2 Å². The van der Waals surface area contributed by atoms with E-state index in [1.165, 1.54) is 154 Å². The van der Waals surface area contributed by atoms with Crippen molar-refractivity contribution in [2.24, 2.45) is 0 Å². The summed E-state index contributed by atoms with van der Waals surface area (Å²) >= 11 is 0. The van der Waals surface area contributed by atoms with Gasteiger partial charge in [-0.25, -0.2) is 4.79 Å². The molecule has 0 aromatic carbocycles. The molecule has 0 amide bonds. The van der Waals surface area contributed by atoms with Crippen LogP contribution in [-0.4, -0.2) is 17.6 Å². The molecule has 1 aromatic rings. The topological polar surface area (TPSA) is 39.2 Å². The molecule has 0 spiro atoms. The molecule has 0 N–H and O–H groups in total. The third-order valence-electron chi connectivity index (χ3n) is 7.63. The van der Waals surface area contributed by atoms with E-state index in [0.717, 1.165) is 12.8 Å². The van der Waals surface area contributed by atoms with Crippen molar-refractivity contribution in [1.82, 2.24) is 4.98 Å². The van der Waals surface area contributed by atoms with Crippen LogP contribution in [0.3, 0.4) is 0 Å². The summed E-state index contributed by atoms with van der Waals surface area (Å²) in [6.07, 6.45) is 39.6. The molecule has 1 aromatic heterocycles. The summed E-state index contributed by atoms with van der Waals surface area (Å²) in [5, 5.41) is 0. The summed E-state index contributed by atoms with van der Waals surface area (Å²) in [6, 6.07) is 3.51. The van der Waals surface area contributed by atoms with Crippen LogP contribution >= 0.6 is 12.4 Å². The van der Waals surface area contributed by atoms with Gasteiger partial charge in [0.1, 0.15) is 0 Å². The van der Waals surface area contributed by atoms with E-state index >= 15 is 0 Å². The van der Waals surface area contributed by atoms with Crippen LogP contribution in [0.5, 0.6) is 0 Å². The molecular formula is C34H62ClNO2. The van der Waals surface area contributed by atoms with Gasteiger partial charge in [-0.3, -0.25) is 4.98 Å². The first-order chi connectivity index (χ1) is 18.3. The zero-order valence-electron chi connectivity index (χ0n) is 25.1. The molecule has 1 rings (SSSR count). The molecule has 0 fully saturated rings. The number of hydrogen-bond acceptors (Lipinski definition) is 3. The fraction of sp³-hybridized carbons (Fsp3) is 0.824. The molecule has 0 atom stereocenters. The Bertz CT molecular complexity index is 595. The predicted octanol–water partition coefficient (Wildman–Crippen LogP) is 11.8. The maximum Gasteiger partial charge on any atom is 0.339 e. The van der Waals surface area contributed by atoms with Crippen molar-refractivity contribution in [2.45, 2.75) is 174 Å². The molecule has 0 saturated carbocycles. The van der Waals surface area contributed by atoms with Gasteiger partial charge in [-0.2, -0.15) is 0 Å². The second-order valence-electron chi connectivity index (χ2n) is 11.2. The minimum atomic E-state index is -0.257. The molecule has 3 nitrogen and oxygen atoms in total. The molecule has 0 bridgehead atoms. The molecule has 0 aliphatic heterocycles. The lowest BCUT2D eigenvalue weighted by atomic mass is 10.0. The number of hydrogen-bond donors (Lipinski definition) is 0. The predicted molar refractivity (Wildman–Crippen MR) is 167 cm³/mol. The first-order valence-electron chi connectivity index (χ1n) is 16.4. The first-order valence-corrected chi connectivity index (χ1v) is 16.4. The van der Waals surface area contributed by atoms with Gasteiger partial charge in [-0.1, -0.05) is 167 Å². The Labute approximate surface area is 243 Å². The first kappa shape index (κ1) is 36.9. The second kappa shape index (κ2) is 30.5. The van der Waals surface area contributed by atoms with Crippen molar-refractivity contribution in [2.75, 3.05) is 6.61 Å². The van der Waals surface area contributed by atoms with Gasteiger partial charge in [0.25, 0.3) is 0 Å². The lowest BCUT2D eigenvalue weighted by Gasteiger charge is -2.05. The van der Waals surface area contributed by atoms with Gasteiger partial charge in [0.15, 0.2) is 0 Å². The Morgan fingerprint density at radius 1 is 0.579 bits per heavy atom. The third-order valence-corrected chi connectivity index (χ3v) is 7.63. The van der Waals surface area contributed by atoms with E-state index < -0.39 is 0 Å². The van der Waals surface area contributed by atoms with Crippen LogP contribution in [0, 0.1) is 0 Å². The van der Waals surface area contributed by atoms with Crippen molar-refractivity contribution in [3.63, 3.8) is 0 Å². The van der Waals surface area contributed by atoms with Crippen molar-refractivity contribution < 1.29 is 9.53 Å². The number of nitrogens with zero attached hydrogens (tertiary/aromatic N) is 1. The average Bonchev–Trinajstić information content (AvgIpc) is 2.93. The SMILES string of the molecule is CCCCCCCCCCCCCCCCCCCCCCCCCCCCOC(=O)c1cccnc1.Cl. The highest BCUT2D eigenvalue weighted by Crippen LogP contribution is 2.16. The summed E-state index contributed by atoms with van der Waals surface area (Å²) in [5.41, 5.74) is 0.539. The molecule has 0 unspecified atom stereocenters. The number of carbonyl (C=O) groups excluding carboxylic acids is 1. The van der Waals surface area contributed by atoms with E-state index in [1.54, 1.807) is 24.5 Å². The minimum Gasteiger partial charge on any atom is -0.462 e. The fourth-order valence-electron chi connectivity index (χ4n) is 5.15. The zero-order chi connectivity index (χ0) is 26.5. The Kier molecular flexibility index (Phi) is 29.6. The maximum absolute atomic E-state index is 11.8. The molecule has 0 radical (unpaired) electrons. The number of ether oxygens (including phenoxy) is 1. The van der Waals surface area contributed by atoms with E-state index in [2.05, 4.69) is 11.9 Å². The van der Waals surface area contributed by atoms with Crippen LogP contribution in [0.2, 0.25) is 0 Å². The van der Waals surface area contributed by atoms with Crippen LogP contribution in [0.1, 0.15) is 184 Å². The zero-order valence-corrected chi connectivity index (χ0v) is 25.9. The van der Waals surface area contributed by atoms with E-state index in [9.17, 15) is 4.79 Å². The van der Waals surface area contributed by atoms with Gasteiger partial charge < -0.3 is 4.74 Å². The van der Waals surface area contributed by atoms with E-state index in [1.807, 2.05) is 0 Å². The number of unbranched alkanes of at least 4 members (excludes halogenated alkanes) is 25. The van der Waals surface area contributed by atoms with Crippen molar-refractivity contribution in [3.05, 3.63) is 30.1 Å². The summed E-state index contributed by atoms with van der Waals surface area (Å²) < 4.78 is 5.30. The normalized spacial score (nSPS) is 10.9. The van der Waals surface area contributed by atoms with Gasteiger partial charge >= 0.3 is 5.97 Å². The van der Waals surface area contributed by atoms with Crippen LogP contribution in [0.4, 0.5) is 0 Å². The molecule has 4 heteroatoms. The quantitative estimate of drug-likeness (QED) is 0.0767. The highest BCUT2D eigenvalue weighted by molar-refractivity contribution is 5.88. The number of aromatic nitrogens is 1. The summed E-state index contributed by atoms with van der Waals surface area (Å²) in [7, 11) is 0. The monoisotopic (exact) mass is 551 g/mol. The average molecular weight is 552 g/mol. The third kappa shape index (κ3) is 25.2. The number of halogens is 1. The molecule has 0 aliphatic rings. The minimum absolute atomic E-state index is 0. The number of carbonyl (C=O) groups is 1. The fourth-order valence-corrected chi connectivity index (χ4v) is 5.15. The lowest BCUT2D eigenvalue weighted by Crippen LogP contribution is -2.06. The van der Waals surface area contributed by atoms with Crippen molar-refractivity contribution in [3.8, 4) is 0 Å². The smallest absolute Gasteiger partial charge is 0.339 e. The van der Waals surface area contributed by atoms with Gasteiger partial charge in [0, 0.05) is 12.4 Å². The standard InChI is InChI=1S/C34H61NO2.ClH/c1-2-3-4-5-6-7-8-9-10-11-12-13-14-15-16-17-18-19-20-21-22-23-24-25-26-27-31-37-34(36)33-29-28-30-35-32-33;/h28-30,32H,2-27,31H2,1H3;1H. The Balaban J connectivity index is 0.0000137. The van der Waals surface area contributed by atoms with Gasteiger partial charge in [0.2, 0.25) is 0 Å². The van der Waals surface area contributed by atoms with Gasteiger partial charge in [-0.15, -0.1) is 12.4 Å². The van der Waals surface area contributed by atoms with E-state index in [0.29, 0.717) is 12.2 Å². The molecule has 0 saturated heterocycles. The number of pyridine rings is 1. The molecule has 38 heavy (non-hydrogen) atoms. The van der Waals surface area contributed by atoms with Crippen molar-refractivity contribution >= 4 is 18.4 Å². The maximum atomic E-state index is 11.8. The van der Waals surface area contributed by atoms with E-state index in [4.69, 9.17) is 4.74 Å². The lowest BCUT2D eigenvalue weighted by molar-refractivity contribution is 0.0497. The largest absolute Gasteiger partial charge is 0.462 e. The summed E-state index contributed by atoms with van der Waals surface area (Å²) in [4.78, 5) is 15.8. The number of esters is 1. The molecular weight excluding hydrogens is 490 g/mol. The number of rotatable bonds is 28. The summed E-state index contributed by atoms with van der Waals surface area (Å²) in [5.74, 6) is -0.257. The molecule has 0 aliphatic carbocycles. The second-order valence-corrected chi connectivity index (χ2v) is 11.2. The highest BCUT2D eigenvalue weighted by Gasteiger charge is 2.05. The van der Waals surface area contributed by atoms with E-state index in [-0.39, 0.29) is 18.4 Å². The van der Waals surface area contributed by atoms with Gasteiger partial charge in [-0.05, 0) is 18.6 Å². The Morgan fingerprint density at radius 3 is 1.24 bits per heavy atom. The Morgan fingerprint density at radius 2 is 0.921 bits per heavy atom. The van der Waals surface area contributed by atoms with Crippen LogP contribution in [0.15, 0.2) is 24.5 Å². The Hall–Kier alpha value is -1.09. The highest BCUT2D eigenvalue weighted by atomic mass is 35.5. The summed E-state index contributed by atoms with van der Waals surface area (Å²) in [6.45, 7) is 2.82. The molecule has 222 valence electrons. The van der Waals surface area contributed by atoms with Crippen molar-refractivity contribution in [1.29, 1.82) is 0 Å².